The van der Waals surface area contributed by atoms with Crippen LogP contribution in [0, 0.1) is 11.6 Å². The molecule has 0 unspecified atom stereocenters. The summed E-state index contributed by atoms with van der Waals surface area (Å²) >= 11 is 1.04. The van der Waals surface area contributed by atoms with Gasteiger partial charge in [-0.25, -0.2) is 17.2 Å². The van der Waals surface area contributed by atoms with Crippen LogP contribution in [-0.2, 0) is 21.4 Å². The monoisotopic (exact) mass is 455 g/mol. The first-order valence-corrected chi connectivity index (χ1v) is 11.6. The van der Waals surface area contributed by atoms with Crippen LogP contribution >= 0.6 is 11.3 Å². The average Bonchev–Trinajstić information content (AvgIpc) is 2.97. The number of aryl methyl sites for hydroxylation is 1. The fourth-order valence-electron chi connectivity index (χ4n) is 3.12. The average molecular weight is 456 g/mol. The van der Waals surface area contributed by atoms with Gasteiger partial charge in [-0.15, -0.1) is 0 Å². The van der Waals surface area contributed by atoms with Crippen LogP contribution in [0.5, 0.6) is 0 Å². The minimum absolute atomic E-state index is 0.120. The predicted octanol–water partition coefficient (Wildman–Crippen LogP) is 3.15. The molecule has 1 atom stereocenters. The van der Waals surface area contributed by atoms with E-state index in [0.717, 1.165) is 45.6 Å². The summed E-state index contributed by atoms with van der Waals surface area (Å²) in [5, 5.41) is 2.61. The number of aromatic nitrogens is 1. The normalized spacial score (nSPS) is 12.7. The Morgan fingerprint density at radius 3 is 2.50 bits per heavy atom. The number of hydrogen-bond acceptors (Lipinski definition) is 5. The molecule has 0 aliphatic heterocycles. The molecule has 3 rings (SSSR count). The highest BCUT2D eigenvalue weighted by atomic mass is 32.2. The summed E-state index contributed by atoms with van der Waals surface area (Å²) in [6.45, 7) is 3.70. The molecule has 0 aliphatic rings. The number of rotatable bonds is 6. The van der Waals surface area contributed by atoms with E-state index in [4.69, 9.17) is 0 Å². The maximum Gasteiger partial charge on any atom is 0.308 e. The summed E-state index contributed by atoms with van der Waals surface area (Å²) in [4.78, 5) is 24.6. The smallest absolute Gasteiger partial charge is 0.308 e. The molecule has 2 aromatic carbocycles. The SMILES string of the molecule is CCn1c(=O)sc2cc(NC(=O)[C@H](C)N(c3ccc(F)c(F)c3)S(C)(=O)=O)ccc21. The molecule has 0 saturated carbocycles. The van der Waals surface area contributed by atoms with Gasteiger partial charge in [0.1, 0.15) is 6.04 Å². The fourth-order valence-corrected chi connectivity index (χ4v) is 5.28. The largest absolute Gasteiger partial charge is 0.324 e. The molecule has 1 amide bonds. The van der Waals surface area contributed by atoms with Crippen molar-refractivity contribution < 1.29 is 22.0 Å². The molecule has 3 aromatic rings. The lowest BCUT2D eigenvalue weighted by Crippen LogP contribution is -2.45. The number of nitrogens with one attached hydrogen (secondary N) is 1. The number of thiazole rings is 1. The molecule has 160 valence electrons. The number of hydrogen-bond donors (Lipinski definition) is 1. The molecule has 1 aromatic heterocycles. The van der Waals surface area contributed by atoms with Gasteiger partial charge in [0.2, 0.25) is 15.9 Å². The first kappa shape index (κ1) is 21.9. The number of carbonyl (C=O) groups is 1. The van der Waals surface area contributed by atoms with Crippen LogP contribution < -0.4 is 14.5 Å². The predicted molar refractivity (Wildman–Crippen MR) is 114 cm³/mol. The highest BCUT2D eigenvalue weighted by molar-refractivity contribution is 7.92. The second kappa shape index (κ2) is 8.15. The number of carbonyl (C=O) groups excluding carboxylic acids is 1. The Morgan fingerprint density at radius 1 is 1.20 bits per heavy atom. The van der Waals surface area contributed by atoms with Crippen molar-refractivity contribution >= 4 is 48.9 Å². The Morgan fingerprint density at radius 2 is 1.90 bits per heavy atom. The van der Waals surface area contributed by atoms with Crippen LogP contribution in [-0.4, -0.2) is 31.2 Å². The van der Waals surface area contributed by atoms with Gasteiger partial charge in [0.25, 0.3) is 0 Å². The van der Waals surface area contributed by atoms with E-state index in [1.165, 1.54) is 6.92 Å². The molecular weight excluding hydrogens is 436 g/mol. The van der Waals surface area contributed by atoms with Gasteiger partial charge in [-0.05, 0) is 44.2 Å². The van der Waals surface area contributed by atoms with Crippen molar-refractivity contribution in [3.63, 3.8) is 0 Å². The fraction of sp³-hybridized carbons (Fsp3) is 0.263. The van der Waals surface area contributed by atoms with Gasteiger partial charge in [-0.3, -0.25) is 18.5 Å². The maximum absolute atomic E-state index is 13.6. The van der Waals surface area contributed by atoms with Gasteiger partial charge < -0.3 is 5.32 Å². The number of amides is 1. The molecule has 1 heterocycles. The molecule has 1 N–H and O–H groups in total. The van der Waals surface area contributed by atoms with Gasteiger partial charge in [0, 0.05) is 18.3 Å². The molecule has 0 bridgehead atoms. The van der Waals surface area contributed by atoms with Gasteiger partial charge in [-0.1, -0.05) is 11.3 Å². The minimum atomic E-state index is -3.98. The lowest BCUT2D eigenvalue weighted by Gasteiger charge is -2.28. The van der Waals surface area contributed by atoms with Crippen LogP contribution in [0.3, 0.4) is 0 Å². The Kier molecular flexibility index (Phi) is 5.95. The molecule has 30 heavy (non-hydrogen) atoms. The van der Waals surface area contributed by atoms with Gasteiger partial charge in [0.05, 0.1) is 22.2 Å². The lowest BCUT2D eigenvalue weighted by molar-refractivity contribution is -0.116. The number of anilines is 2. The van der Waals surface area contributed by atoms with Gasteiger partial charge >= 0.3 is 4.87 Å². The highest BCUT2D eigenvalue weighted by Crippen LogP contribution is 2.25. The second-order valence-corrected chi connectivity index (χ2v) is 9.47. The minimum Gasteiger partial charge on any atom is -0.324 e. The lowest BCUT2D eigenvalue weighted by atomic mass is 10.2. The summed E-state index contributed by atoms with van der Waals surface area (Å²) in [7, 11) is -3.98. The zero-order valence-electron chi connectivity index (χ0n) is 16.3. The number of sulfonamides is 1. The third-order valence-electron chi connectivity index (χ3n) is 4.50. The first-order chi connectivity index (χ1) is 14.0. The van der Waals surface area contributed by atoms with Gasteiger partial charge in [0.15, 0.2) is 11.6 Å². The Balaban J connectivity index is 1.91. The quantitative estimate of drug-likeness (QED) is 0.619. The van der Waals surface area contributed by atoms with Crippen molar-refractivity contribution in [2.45, 2.75) is 26.4 Å². The summed E-state index contributed by atoms with van der Waals surface area (Å²) in [5.74, 6) is -3.03. The second-order valence-electron chi connectivity index (χ2n) is 6.62. The first-order valence-electron chi connectivity index (χ1n) is 8.91. The summed E-state index contributed by atoms with van der Waals surface area (Å²) < 4.78 is 54.4. The zero-order valence-corrected chi connectivity index (χ0v) is 18.0. The molecule has 0 spiro atoms. The standard InChI is InChI=1S/C19H19F2N3O4S2/c1-4-23-16-8-5-12(9-17(16)29-19(23)26)22-18(25)11(2)24(30(3,27)28)13-6-7-14(20)15(21)10-13/h5-11H,4H2,1-3H3,(H,22,25)/t11-/m0/s1. The molecule has 0 saturated heterocycles. The van der Waals surface area contributed by atoms with Crippen molar-refractivity contribution in [2.75, 3.05) is 15.9 Å². The van der Waals surface area contributed by atoms with Crippen LogP contribution in [0.15, 0.2) is 41.2 Å². The topological polar surface area (TPSA) is 88.5 Å². The van der Waals surface area contributed by atoms with Crippen molar-refractivity contribution in [1.29, 1.82) is 0 Å². The van der Waals surface area contributed by atoms with Crippen LogP contribution in [0.2, 0.25) is 0 Å². The van der Waals surface area contributed by atoms with Crippen molar-refractivity contribution in [3.8, 4) is 0 Å². The molecule has 0 radical (unpaired) electrons. The Bertz CT molecular complexity index is 1280. The van der Waals surface area contributed by atoms with E-state index in [0.29, 0.717) is 16.9 Å². The number of halogens is 2. The molecule has 0 fully saturated rings. The van der Waals surface area contributed by atoms with E-state index in [2.05, 4.69) is 5.32 Å². The van der Waals surface area contributed by atoms with Crippen LogP contribution in [0.1, 0.15) is 13.8 Å². The number of fused-ring (bicyclic) bond motifs is 1. The van der Waals surface area contributed by atoms with E-state index in [9.17, 15) is 26.8 Å². The van der Waals surface area contributed by atoms with E-state index in [1.807, 2.05) is 6.92 Å². The van der Waals surface area contributed by atoms with Crippen LogP contribution in [0.4, 0.5) is 20.2 Å². The Labute approximate surface area is 175 Å². The summed E-state index contributed by atoms with van der Waals surface area (Å²) in [6, 6.07) is 6.27. The van der Waals surface area contributed by atoms with E-state index in [-0.39, 0.29) is 10.6 Å². The summed E-state index contributed by atoms with van der Waals surface area (Å²) in [6.07, 6.45) is 0.870. The zero-order chi connectivity index (χ0) is 22.2. The number of benzene rings is 2. The molecular formula is C19H19F2N3O4S2. The maximum atomic E-state index is 13.6. The molecule has 7 nitrogen and oxygen atoms in total. The number of nitrogens with zero attached hydrogens (tertiary/aromatic N) is 2. The van der Waals surface area contributed by atoms with Crippen molar-refractivity contribution in [2.24, 2.45) is 0 Å². The summed E-state index contributed by atoms with van der Waals surface area (Å²) in [5.41, 5.74) is 0.938. The third kappa shape index (κ3) is 4.21. The van der Waals surface area contributed by atoms with Gasteiger partial charge in [-0.2, -0.15) is 0 Å². The molecule has 11 heteroatoms. The van der Waals surface area contributed by atoms with E-state index >= 15 is 0 Å². The van der Waals surface area contributed by atoms with Crippen molar-refractivity contribution in [3.05, 3.63) is 57.7 Å². The highest BCUT2D eigenvalue weighted by Gasteiger charge is 2.30. The van der Waals surface area contributed by atoms with E-state index < -0.39 is 33.6 Å². The van der Waals surface area contributed by atoms with Crippen molar-refractivity contribution in [1.82, 2.24) is 4.57 Å². The van der Waals surface area contributed by atoms with E-state index in [1.54, 1.807) is 22.8 Å². The molecule has 0 aliphatic carbocycles. The van der Waals surface area contributed by atoms with Crippen LogP contribution in [0.25, 0.3) is 10.2 Å². The third-order valence-corrected chi connectivity index (χ3v) is 6.68. The Hall–Kier alpha value is -2.79.